The fraction of sp³-hybridized carbons (Fsp3) is 0. The second-order valence-electron chi connectivity index (χ2n) is 4.31. The first-order valence-electron chi connectivity index (χ1n) is 5.98. The van der Waals surface area contributed by atoms with Crippen LogP contribution < -0.4 is 5.56 Å². The summed E-state index contributed by atoms with van der Waals surface area (Å²) in [6, 6.07) is 16.1. The number of nitrogens with one attached hydrogen (secondary N) is 1. The van der Waals surface area contributed by atoms with Gasteiger partial charge in [-0.05, 0) is 23.8 Å². The van der Waals surface area contributed by atoms with Crippen LogP contribution in [0.2, 0.25) is 10.0 Å². The molecule has 0 aliphatic rings. The standard InChI is InChI=1S/C15H10Cl2N2O/c16-11-6-7-12(17)14(8-11)19-15(20)9-13(18-19)10-4-2-1-3-5-10/h1-9,18H. The van der Waals surface area contributed by atoms with E-state index in [1.165, 1.54) is 10.7 Å². The lowest BCUT2D eigenvalue weighted by molar-refractivity contribution is 0.853. The molecule has 0 atom stereocenters. The predicted molar refractivity (Wildman–Crippen MR) is 81.8 cm³/mol. The normalized spacial score (nSPS) is 10.7. The van der Waals surface area contributed by atoms with Gasteiger partial charge in [0, 0.05) is 11.1 Å². The Hall–Kier alpha value is -1.97. The molecular weight excluding hydrogens is 295 g/mol. The topological polar surface area (TPSA) is 37.8 Å². The number of aromatic nitrogens is 2. The molecule has 1 aromatic heterocycles. The summed E-state index contributed by atoms with van der Waals surface area (Å²) in [5, 5.41) is 4.02. The molecule has 0 saturated carbocycles. The monoisotopic (exact) mass is 304 g/mol. The van der Waals surface area contributed by atoms with Crippen LogP contribution in [0.25, 0.3) is 16.9 Å². The summed E-state index contributed by atoms with van der Waals surface area (Å²) in [5.41, 5.74) is 2.01. The molecule has 3 rings (SSSR count). The minimum absolute atomic E-state index is 0.187. The summed E-state index contributed by atoms with van der Waals surface area (Å²) in [4.78, 5) is 12.1. The molecule has 3 nitrogen and oxygen atoms in total. The van der Waals surface area contributed by atoms with Crippen molar-refractivity contribution in [3.05, 3.63) is 75.0 Å². The second-order valence-corrected chi connectivity index (χ2v) is 5.15. The third-order valence-electron chi connectivity index (χ3n) is 2.95. The highest BCUT2D eigenvalue weighted by atomic mass is 35.5. The summed E-state index contributed by atoms with van der Waals surface area (Å²) >= 11 is 12.1. The van der Waals surface area contributed by atoms with Crippen molar-refractivity contribution in [3.8, 4) is 16.9 Å². The van der Waals surface area contributed by atoms with Crippen molar-refractivity contribution in [2.75, 3.05) is 0 Å². The fourth-order valence-corrected chi connectivity index (χ4v) is 2.37. The Bertz CT molecular complexity index is 806. The molecule has 100 valence electrons. The van der Waals surface area contributed by atoms with Crippen molar-refractivity contribution >= 4 is 23.2 Å². The highest BCUT2D eigenvalue weighted by Gasteiger charge is 2.10. The summed E-state index contributed by atoms with van der Waals surface area (Å²) < 4.78 is 1.39. The molecule has 1 N–H and O–H groups in total. The number of aromatic amines is 1. The molecule has 0 radical (unpaired) electrons. The summed E-state index contributed by atoms with van der Waals surface area (Å²) in [6.45, 7) is 0. The van der Waals surface area contributed by atoms with Crippen molar-refractivity contribution in [1.29, 1.82) is 0 Å². The smallest absolute Gasteiger partial charge is 0.271 e. The van der Waals surface area contributed by atoms with Gasteiger partial charge in [-0.2, -0.15) is 0 Å². The van der Waals surface area contributed by atoms with Crippen LogP contribution in [0.1, 0.15) is 0 Å². The van der Waals surface area contributed by atoms with E-state index in [0.29, 0.717) is 15.7 Å². The van der Waals surface area contributed by atoms with Gasteiger partial charge in [-0.3, -0.25) is 9.89 Å². The van der Waals surface area contributed by atoms with E-state index < -0.39 is 0 Å². The Balaban J connectivity index is 2.15. The molecule has 0 unspecified atom stereocenters. The number of hydrogen-bond donors (Lipinski definition) is 1. The summed E-state index contributed by atoms with van der Waals surface area (Å²) in [6.07, 6.45) is 0. The molecular formula is C15H10Cl2N2O. The van der Waals surface area contributed by atoms with Gasteiger partial charge in [0.25, 0.3) is 5.56 Å². The van der Waals surface area contributed by atoms with Crippen LogP contribution in [0.5, 0.6) is 0 Å². The van der Waals surface area contributed by atoms with Crippen molar-refractivity contribution in [1.82, 2.24) is 9.78 Å². The Morgan fingerprint density at radius 1 is 0.950 bits per heavy atom. The molecule has 0 spiro atoms. The number of H-pyrrole nitrogens is 1. The van der Waals surface area contributed by atoms with Crippen LogP contribution in [0, 0.1) is 0 Å². The highest BCUT2D eigenvalue weighted by Crippen LogP contribution is 2.24. The number of hydrogen-bond acceptors (Lipinski definition) is 1. The van der Waals surface area contributed by atoms with Gasteiger partial charge in [0.05, 0.1) is 16.4 Å². The van der Waals surface area contributed by atoms with E-state index in [1.807, 2.05) is 30.3 Å². The van der Waals surface area contributed by atoms with E-state index in [1.54, 1.807) is 18.2 Å². The lowest BCUT2D eigenvalue weighted by Crippen LogP contribution is -2.13. The van der Waals surface area contributed by atoms with Gasteiger partial charge in [-0.15, -0.1) is 0 Å². The van der Waals surface area contributed by atoms with Crippen LogP contribution in [0.3, 0.4) is 0 Å². The van der Waals surface area contributed by atoms with E-state index in [4.69, 9.17) is 23.2 Å². The average molecular weight is 305 g/mol. The van der Waals surface area contributed by atoms with Crippen LogP contribution in [-0.2, 0) is 0 Å². The van der Waals surface area contributed by atoms with E-state index >= 15 is 0 Å². The van der Waals surface area contributed by atoms with Gasteiger partial charge in [-0.1, -0.05) is 53.5 Å². The molecule has 0 amide bonds. The van der Waals surface area contributed by atoms with E-state index in [-0.39, 0.29) is 5.56 Å². The minimum Gasteiger partial charge on any atom is -0.290 e. The summed E-state index contributed by atoms with van der Waals surface area (Å²) in [7, 11) is 0. The predicted octanol–water partition coefficient (Wildman–Crippen LogP) is 4.14. The molecule has 0 aliphatic carbocycles. The molecule has 3 aromatic rings. The Morgan fingerprint density at radius 2 is 1.70 bits per heavy atom. The Morgan fingerprint density at radius 3 is 2.45 bits per heavy atom. The van der Waals surface area contributed by atoms with E-state index in [9.17, 15) is 4.79 Å². The van der Waals surface area contributed by atoms with Gasteiger partial charge < -0.3 is 0 Å². The Kier molecular flexibility index (Phi) is 3.38. The number of rotatable bonds is 2. The lowest BCUT2D eigenvalue weighted by Gasteiger charge is -2.05. The molecule has 0 saturated heterocycles. The van der Waals surface area contributed by atoms with Crippen LogP contribution in [-0.4, -0.2) is 9.78 Å². The van der Waals surface area contributed by atoms with E-state index in [0.717, 1.165) is 11.3 Å². The van der Waals surface area contributed by atoms with Crippen LogP contribution in [0.15, 0.2) is 59.4 Å². The SMILES string of the molecule is O=c1cc(-c2ccccc2)[nH]n1-c1cc(Cl)ccc1Cl. The maximum atomic E-state index is 12.1. The fourth-order valence-electron chi connectivity index (χ4n) is 2.00. The molecule has 5 heteroatoms. The maximum Gasteiger partial charge on any atom is 0.271 e. The quantitative estimate of drug-likeness (QED) is 0.759. The van der Waals surface area contributed by atoms with E-state index in [2.05, 4.69) is 5.10 Å². The minimum atomic E-state index is -0.187. The van der Waals surface area contributed by atoms with Crippen molar-refractivity contribution in [2.24, 2.45) is 0 Å². The lowest BCUT2D eigenvalue weighted by atomic mass is 10.2. The van der Waals surface area contributed by atoms with Gasteiger partial charge in [0.2, 0.25) is 0 Å². The molecule has 2 aromatic carbocycles. The first kappa shape index (κ1) is 13.0. The largest absolute Gasteiger partial charge is 0.290 e. The zero-order chi connectivity index (χ0) is 14.1. The number of nitrogens with zero attached hydrogens (tertiary/aromatic N) is 1. The molecule has 20 heavy (non-hydrogen) atoms. The second kappa shape index (κ2) is 5.19. The van der Waals surface area contributed by atoms with Crippen molar-refractivity contribution in [2.45, 2.75) is 0 Å². The van der Waals surface area contributed by atoms with Crippen molar-refractivity contribution in [3.63, 3.8) is 0 Å². The molecule has 1 heterocycles. The third kappa shape index (κ3) is 2.38. The van der Waals surface area contributed by atoms with Gasteiger partial charge in [0.1, 0.15) is 0 Å². The maximum absolute atomic E-state index is 12.1. The van der Waals surface area contributed by atoms with Crippen molar-refractivity contribution < 1.29 is 0 Å². The zero-order valence-corrected chi connectivity index (χ0v) is 11.8. The van der Waals surface area contributed by atoms with Gasteiger partial charge in [0.15, 0.2) is 0 Å². The number of benzene rings is 2. The Labute approximate surface area is 125 Å². The van der Waals surface area contributed by atoms with Gasteiger partial charge in [-0.25, -0.2) is 4.68 Å². The molecule has 0 bridgehead atoms. The van der Waals surface area contributed by atoms with Crippen LogP contribution >= 0.6 is 23.2 Å². The third-order valence-corrected chi connectivity index (χ3v) is 3.51. The van der Waals surface area contributed by atoms with Crippen LogP contribution in [0.4, 0.5) is 0 Å². The average Bonchev–Trinajstić information content (AvgIpc) is 2.84. The molecule has 0 aliphatic heterocycles. The first-order chi connectivity index (χ1) is 9.65. The number of halogens is 2. The first-order valence-corrected chi connectivity index (χ1v) is 6.73. The summed E-state index contributed by atoms with van der Waals surface area (Å²) in [5.74, 6) is 0. The highest BCUT2D eigenvalue weighted by molar-refractivity contribution is 6.34. The van der Waals surface area contributed by atoms with Gasteiger partial charge >= 0.3 is 0 Å². The molecule has 0 fully saturated rings. The zero-order valence-electron chi connectivity index (χ0n) is 10.3.